The number of thiazole rings is 1. The Morgan fingerprint density at radius 2 is 2.00 bits per heavy atom. The number of carbonyl (C=O) groups is 1. The Balaban J connectivity index is 1.55. The molecule has 0 unspecified atom stereocenters. The van der Waals surface area contributed by atoms with Gasteiger partial charge in [-0.15, -0.1) is 0 Å². The van der Waals surface area contributed by atoms with Gasteiger partial charge in [0.05, 0.1) is 0 Å². The number of benzene rings is 1. The largest absolute Gasteiger partial charge is 0.326 e. The third kappa shape index (κ3) is 4.99. The first-order chi connectivity index (χ1) is 12.5. The van der Waals surface area contributed by atoms with Crippen molar-refractivity contribution < 1.29 is 4.79 Å². The summed E-state index contributed by atoms with van der Waals surface area (Å²) in [6, 6.07) is 8.06. The van der Waals surface area contributed by atoms with Crippen LogP contribution in [0.25, 0.3) is 0 Å². The number of carbonyl (C=O) groups excluding carboxylic acids is 1. The SMILES string of the molecule is Cc1sc(=O)n(CCC(=O)Nc2cccc(CN3CCSCC3)c2)c1C. The molecule has 1 amide bonds. The van der Waals surface area contributed by atoms with Crippen LogP contribution in [0.4, 0.5) is 5.69 Å². The summed E-state index contributed by atoms with van der Waals surface area (Å²) in [5, 5.41) is 2.96. The topological polar surface area (TPSA) is 54.3 Å². The molecule has 1 aliphatic heterocycles. The van der Waals surface area contributed by atoms with Crippen molar-refractivity contribution in [2.24, 2.45) is 0 Å². The Hall–Kier alpha value is -1.57. The standard InChI is InChI=1S/C19H25N3O2S2/c1-14-15(2)26-19(24)22(14)7-6-18(23)20-17-5-3-4-16(12-17)13-21-8-10-25-11-9-21/h3-5,12H,6-11,13H2,1-2H3,(H,20,23). The third-order valence-electron chi connectivity index (χ3n) is 4.66. The fourth-order valence-corrected chi connectivity index (χ4v) is 4.88. The highest BCUT2D eigenvalue weighted by atomic mass is 32.2. The van der Waals surface area contributed by atoms with Crippen molar-refractivity contribution in [3.05, 3.63) is 50.1 Å². The van der Waals surface area contributed by atoms with Crippen LogP contribution in [0, 0.1) is 13.8 Å². The molecule has 1 fully saturated rings. The summed E-state index contributed by atoms with van der Waals surface area (Å²) >= 11 is 3.25. The molecule has 7 heteroatoms. The van der Waals surface area contributed by atoms with Gasteiger partial charge in [0.2, 0.25) is 5.91 Å². The number of nitrogens with zero attached hydrogens (tertiary/aromatic N) is 2. The molecule has 1 saturated heterocycles. The molecule has 0 radical (unpaired) electrons. The average Bonchev–Trinajstić information content (AvgIpc) is 2.86. The molecule has 0 bridgehead atoms. The number of thioether (sulfide) groups is 1. The Morgan fingerprint density at radius 3 is 2.69 bits per heavy atom. The zero-order chi connectivity index (χ0) is 18.5. The third-order valence-corrected chi connectivity index (χ3v) is 6.60. The van der Waals surface area contributed by atoms with E-state index >= 15 is 0 Å². The highest BCUT2D eigenvalue weighted by Gasteiger charge is 2.12. The van der Waals surface area contributed by atoms with Gasteiger partial charge in [-0.25, -0.2) is 0 Å². The summed E-state index contributed by atoms with van der Waals surface area (Å²) in [7, 11) is 0. The predicted molar refractivity (Wildman–Crippen MR) is 110 cm³/mol. The number of anilines is 1. The summed E-state index contributed by atoms with van der Waals surface area (Å²) in [5.41, 5.74) is 2.99. The van der Waals surface area contributed by atoms with Gasteiger partial charge in [-0.05, 0) is 31.5 Å². The van der Waals surface area contributed by atoms with E-state index in [1.54, 1.807) is 4.57 Å². The summed E-state index contributed by atoms with van der Waals surface area (Å²) in [6.07, 6.45) is 0.296. The number of hydrogen-bond acceptors (Lipinski definition) is 5. The number of rotatable bonds is 6. The van der Waals surface area contributed by atoms with Gasteiger partial charge in [0, 0.05) is 60.4 Å². The molecule has 1 aliphatic rings. The van der Waals surface area contributed by atoms with Gasteiger partial charge >= 0.3 is 4.87 Å². The molecule has 0 atom stereocenters. The molecular weight excluding hydrogens is 366 g/mol. The maximum atomic E-state index is 12.3. The van der Waals surface area contributed by atoms with Gasteiger partial charge in [0.25, 0.3) is 0 Å². The van der Waals surface area contributed by atoms with E-state index in [2.05, 4.69) is 16.3 Å². The van der Waals surface area contributed by atoms with E-state index in [4.69, 9.17) is 0 Å². The Bertz CT molecular complexity index is 822. The van der Waals surface area contributed by atoms with Crippen LogP contribution in [0.5, 0.6) is 0 Å². The van der Waals surface area contributed by atoms with Crippen molar-refractivity contribution in [2.45, 2.75) is 33.4 Å². The Labute approximate surface area is 162 Å². The minimum absolute atomic E-state index is 0.00879. The van der Waals surface area contributed by atoms with Crippen molar-refractivity contribution in [3.8, 4) is 0 Å². The summed E-state index contributed by atoms with van der Waals surface area (Å²) in [6.45, 7) is 7.45. The second-order valence-corrected chi connectivity index (χ2v) is 8.94. The molecule has 1 N–H and O–H groups in total. The van der Waals surface area contributed by atoms with Crippen LogP contribution in [0.1, 0.15) is 22.6 Å². The van der Waals surface area contributed by atoms with Crippen molar-refractivity contribution >= 4 is 34.7 Å². The molecule has 0 aliphatic carbocycles. The molecule has 2 aromatic rings. The minimum Gasteiger partial charge on any atom is -0.326 e. The molecule has 140 valence electrons. The fourth-order valence-electron chi connectivity index (χ4n) is 3.05. The van der Waals surface area contributed by atoms with Crippen LogP contribution < -0.4 is 10.2 Å². The number of aryl methyl sites for hydroxylation is 1. The maximum Gasteiger partial charge on any atom is 0.307 e. The Morgan fingerprint density at radius 1 is 1.23 bits per heavy atom. The molecule has 3 rings (SSSR count). The fraction of sp³-hybridized carbons (Fsp3) is 0.474. The van der Waals surface area contributed by atoms with E-state index in [1.807, 2.05) is 43.8 Å². The van der Waals surface area contributed by atoms with E-state index in [-0.39, 0.29) is 10.8 Å². The van der Waals surface area contributed by atoms with Crippen molar-refractivity contribution in [2.75, 3.05) is 29.9 Å². The van der Waals surface area contributed by atoms with Gasteiger partial charge in [0.15, 0.2) is 0 Å². The lowest BCUT2D eigenvalue weighted by Gasteiger charge is -2.26. The first-order valence-corrected chi connectivity index (χ1v) is 10.9. The molecule has 0 saturated carbocycles. The van der Waals surface area contributed by atoms with Gasteiger partial charge < -0.3 is 9.88 Å². The summed E-state index contributed by atoms with van der Waals surface area (Å²) < 4.78 is 1.68. The molecule has 0 spiro atoms. The van der Waals surface area contributed by atoms with E-state index < -0.39 is 0 Å². The predicted octanol–water partition coefficient (Wildman–Crippen LogP) is 3.10. The van der Waals surface area contributed by atoms with E-state index in [0.717, 1.165) is 35.9 Å². The van der Waals surface area contributed by atoms with Crippen molar-refractivity contribution in [1.82, 2.24) is 9.47 Å². The quantitative estimate of drug-likeness (QED) is 0.822. The van der Waals surface area contributed by atoms with E-state index in [9.17, 15) is 9.59 Å². The summed E-state index contributed by atoms with van der Waals surface area (Å²) in [5.74, 6) is 2.32. The van der Waals surface area contributed by atoms with Crippen LogP contribution in [-0.4, -0.2) is 40.0 Å². The lowest BCUT2D eigenvalue weighted by atomic mass is 10.2. The number of amides is 1. The van der Waals surface area contributed by atoms with Crippen LogP contribution in [0.3, 0.4) is 0 Å². The summed E-state index contributed by atoms with van der Waals surface area (Å²) in [4.78, 5) is 27.7. The smallest absolute Gasteiger partial charge is 0.307 e. The minimum atomic E-state index is -0.0633. The monoisotopic (exact) mass is 391 g/mol. The number of aromatic nitrogens is 1. The molecular formula is C19H25N3O2S2. The normalized spacial score (nSPS) is 15.2. The van der Waals surface area contributed by atoms with E-state index in [1.165, 1.54) is 28.4 Å². The zero-order valence-electron chi connectivity index (χ0n) is 15.3. The van der Waals surface area contributed by atoms with Crippen LogP contribution in [-0.2, 0) is 17.9 Å². The first-order valence-electron chi connectivity index (χ1n) is 8.88. The molecule has 5 nitrogen and oxygen atoms in total. The van der Waals surface area contributed by atoms with Gasteiger partial charge in [0.1, 0.15) is 0 Å². The molecule has 1 aromatic carbocycles. The number of nitrogens with one attached hydrogen (secondary N) is 1. The maximum absolute atomic E-state index is 12.3. The van der Waals surface area contributed by atoms with Crippen LogP contribution >= 0.6 is 23.1 Å². The highest BCUT2D eigenvalue weighted by molar-refractivity contribution is 7.99. The second-order valence-electron chi connectivity index (χ2n) is 6.55. The van der Waals surface area contributed by atoms with Gasteiger partial charge in [-0.3, -0.25) is 14.5 Å². The lowest BCUT2D eigenvalue weighted by Crippen LogP contribution is -2.31. The zero-order valence-corrected chi connectivity index (χ0v) is 16.9. The number of hydrogen-bond donors (Lipinski definition) is 1. The molecule has 26 heavy (non-hydrogen) atoms. The van der Waals surface area contributed by atoms with Crippen LogP contribution in [0.15, 0.2) is 29.1 Å². The van der Waals surface area contributed by atoms with Crippen LogP contribution in [0.2, 0.25) is 0 Å². The van der Waals surface area contributed by atoms with Gasteiger partial charge in [-0.2, -0.15) is 11.8 Å². The lowest BCUT2D eigenvalue weighted by molar-refractivity contribution is -0.116. The molecule has 2 heterocycles. The van der Waals surface area contributed by atoms with Crippen molar-refractivity contribution in [1.29, 1.82) is 0 Å². The first kappa shape index (κ1) is 19.2. The average molecular weight is 392 g/mol. The Kier molecular flexibility index (Phi) is 6.56. The van der Waals surface area contributed by atoms with Crippen molar-refractivity contribution in [3.63, 3.8) is 0 Å². The highest BCUT2D eigenvalue weighted by Crippen LogP contribution is 2.16. The van der Waals surface area contributed by atoms with Gasteiger partial charge in [-0.1, -0.05) is 23.5 Å². The second kappa shape index (κ2) is 8.88. The molecule has 1 aromatic heterocycles. The van der Waals surface area contributed by atoms with E-state index in [0.29, 0.717) is 13.0 Å².